The van der Waals surface area contributed by atoms with Crippen LogP contribution in [0.1, 0.15) is 39.9 Å². The number of rotatable bonds is 4. The Labute approximate surface area is 193 Å². The highest BCUT2D eigenvalue weighted by atomic mass is 19.4. The Balaban J connectivity index is 1.44. The number of halogens is 4. The molecule has 2 aromatic heterocycles. The molecular formula is C23H24F4N6O. The number of carbonyl (C=O) groups excluding carboxylic acids is 1. The number of benzene rings is 1. The molecule has 0 atom stereocenters. The highest BCUT2D eigenvalue weighted by molar-refractivity contribution is 5.96. The number of aryl methyl sites for hydroxylation is 1. The summed E-state index contributed by atoms with van der Waals surface area (Å²) in [5, 5.41) is 16.2. The Kier molecular flexibility index (Phi) is 6.28. The summed E-state index contributed by atoms with van der Waals surface area (Å²) in [7, 11) is 1.83. The Morgan fingerprint density at radius 2 is 1.79 bits per heavy atom. The van der Waals surface area contributed by atoms with Crippen molar-refractivity contribution in [3.05, 3.63) is 58.5 Å². The number of hydrogen-bond acceptors (Lipinski definition) is 5. The van der Waals surface area contributed by atoms with Crippen LogP contribution in [0, 0.1) is 19.7 Å². The van der Waals surface area contributed by atoms with E-state index in [0.29, 0.717) is 24.7 Å². The molecule has 0 radical (unpaired) electrons. The minimum atomic E-state index is -4.82. The second kappa shape index (κ2) is 9.03. The molecule has 1 fully saturated rings. The molecule has 0 unspecified atom stereocenters. The molecule has 7 nitrogen and oxygen atoms in total. The smallest absolute Gasteiger partial charge is 0.365 e. The van der Waals surface area contributed by atoms with Gasteiger partial charge in [0.05, 0.1) is 16.8 Å². The van der Waals surface area contributed by atoms with E-state index in [9.17, 15) is 22.4 Å². The maximum absolute atomic E-state index is 13.4. The molecule has 34 heavy (non-hydrogen) atoms. The van der Waals surface area contributed by atoms with Crippen molar-refractivity contribution in [2.24, 2.45) is 7.05 Å². The first-order valence-corrected chi connectivity index (χ1v) is 10.8. The summed E-state index contributed by atoms with van der Waals surface area (Å²) >= 11 is 0. The summed E-state index contributed by atoms with van der Waals surface area (Å²) in [5.41, 5.74) is 1.69. The van der Waals surface area contributed by atoms with Gasteiger partial charge in [0, 0.05) is 32.4 Å². The van der Waals surface area contributed by atoms with Gasteiger partial charge < -0.3 is 10.2 Å². The Bertz CT molecular complexity index is 1210. The largest absolute Gasteiger partial charge is 0.417 e. The summed E-state index contributed by atoms with van der Waals surface area (Å²) < 4.78 is 55.0. The molecule has 1 aliphatic rings. The molecule has 1 aromatic carbocycles. The first-order valence-electron chi connectivity index (χ1n) is 10.8. The first kappa shape index (κ1) is 23.7. The van der Waals surface area contributed by atoms with Crippen molar-refractivity contribution in [2.45, 2.75) is 38.9 Å². The number of nitrogens with zero attached hydrogens (tertiary/aromatic N) is 5. The number of piperidine rings is 1. The summed E-state index contributed by atoms with van der Waals surface area (Å²) in [5.74, 6) is -1.16. The molecule has 0 saturated carbocycles. The predicted molar refractivity (Wildman–Crippen MR) is 118 cm³/mol. The Hall–Kier alpha value is -3.50. The SMILES string of the molecule is Cc1c(NC2CCN(C(=O)c3ccc(F)cc3C(F)(F)F)CC2)nnc(-c2ccnn2C)c1C. The fourth-order valence-electron chi connectivity index (χ4n) is 4.12. The quantitative estimate of drug-likeness (QED) is 0.566. The molecule has 0 aliphatic carbocycles. The summed E-state index contributed by atoms with van der Waals surface area (Å²) in [6.45, 7) is 4.44. The molecule has 3 aromatic rings. The summed E-state index contributed by atoms with van der Waals surface area (Å²) in [6, 6.07) is 3.98. The average molecular weight is 476 g/mol. The molecule has 0 bridgehead atoms. The van der Waals surface area contributed by atoms with Gasteiger partial charge in [0.1, 0.15) is 11.5 Å². The predicted octanol–water partition coefficient (Wildman–Crippen LogP) is 4.37. The highest BCUT2D eigenvalue weighted by Gasteiger charge is 2.37. The zero-order valence-electron chi connectivity index (χ0n) is 18.9. The van der Waals surface area contributed by atoms with Gasteiger partial charge in [0.2, 0.25) is 0 Å². The minimum absolute atomic E-state index is 0.0192. The van der Waals surface area contributed by atoms with E-state index in [1.54, 1.807) is 10.9 Å². The van der Waals surface area contributed by atoms with Crippen LogP contribution in [0.15, 0.2) is 30.5 Å². The summed E-state index contributed by atoms with van der Waals surface area (Å²) in [4.78, 5) is 14.1. The lowest BCUT2D eigenvalue weighted by atomic mass is 10.0. The molecule has 1 N–H and O–H groups in total. The second-order valence-corrected chi connectivity index (χ2v) is 8.39. The van der Waals surface area contributed by atoms with Crippen LogP contribution < -0.4 is 5.32 Å². The van der Waals surface area contributed by atoms with E-state index in [-0.39, 0.29) is 19.1 Å². The zero-order valence-corrected chi connectivity index (χ0v) is 18.9. The third kappa shape index (κ3) is 4.59. The van der Waals surface area contributed by atoms with Gasteiger partial charge in [-0.25, -0.2) is 4.39 Å². The third-order valence-corrected chi connectivity index (χ3v) is 6.23. The monoisotopic (exact) mass is 476 g/mol. The molecule has 1 amide bonds. The van der Waals surface area contributed by atoms with Crippen molar-refractivity contribution in [1.82, 2.24) is 24.9 Å². The number of hydrogen-bond donors (Lipinski definition) is 1. The molecular weight excluding hydrogens is 452 g/mol. The van der Waals surface area contributed by atoms with Crippen LogP contribution in [0.3, 0.4) is 0 Å². The molecule has 11 heteroatoms. The van der Waals surface area contributed by atoms with Crippen molar-refractivity contribution in [2.75, 3.05) is 18.4 Å². The number of nitrogens with one attached hydrogen (secondary N) is 1. The number of anilines is 1. The lowest BCUT2D eigenvalue weighted by molar-refractivity contribution is -0.138. The Morgan fingerprint density at radius 1 is 1.09 bits per heavy atom. The van der Waals surface area contributed by atoms with Gasteiger partial charge in [-0.2, -0.15) is 18.3 Å². The van der Waals surface area contributed by atoms with Crippen molar-refractivity contribution < 1.29 is 22.4 Å². The molecule has 1 aliphatic heterocycles. The van der Waals surface area contributed by atoms with Crippen LogP contribution in [-0.2, 0) is 13.2 Å². The van der Waals surface area contributed by atoms with Crippen LogP contribution in [0.25, 0.3) is 11.4 Å². The molecule has 4 rings (SSSR count). The minimum Gasteiger partial charge on any atom is -0.365 e. The fourth-order valence-corrected chi connectivity index (χ4v) is 4.12. The Morgan fingerprint density at radius 3 is 2.41 bits per heavy atom. The second-order valence-electron chi connectivity index (χ2n) is 8.39. The van der Waals surface area contributed by atoms with Crippen LogP contribution in [0.5, 0.6) is 0 Å². The van der Waals surface area contributed by atoms with Gasteiger partial charge in [-0.15, -0.1) is 10.2 Å². The molecule has 180 valence electrons. The number of carbonyl (C=O) groups is 1. The normalized spacial score (nSPS) is 15.0. The van der Waals surface area contributed by atoms with Gasteiger partial charge in [-0.3, -0.25) is 9.48 Å². The average Bonchev–Trinajstić information content (AvgIpc) is 3.22. The van der Waals surface area contributed by atoms with E-state index < -0.39 is 29.0 Å². The van der Waals surface area contributed by atoms with Crippen LogP contribution >= 0.6 is 0 Å². The van der Waals surface area contributed by atoms with Crippen molar-refractivity contribution >= 4 is 11.7 Å². The summed E-state index contributed by atoms with van der Waals surface area (Å²) in [6.07, 6.45) is -2.07. The number of alkyl halides is 3. The van der Waals surface area contributed by atoms with Gasteiger partial charge >= 0.3 is 6.18 Å². The molecule has 0 spiro atoms. The topological polar surface area (TPSA) is 75.9 Å². The lowest BCUT2D eigenvalue weighted by Gasteiger charge is -2.33. The van der Waals surface area contributed by atoms with E-state index in [1.807, 2.05) is 27.0 Å². The van der Waals surface area contributed by atoms with Crippen LogP contribution in [0.2, 0.25) is 0 Å². The standard InChI is InChI=1S/C23H24F4N6O/c1-13-14(2)21(31-30-20(13)19-6-9-28-32(19)3)29-16-7-10-33(11-8-16)22(34)17-5-4-15(24)12-18(17)23(25,26)27/h4-6,9,12,16H,7-8,10-11H2,1-3H3,(H,29,31). The maximum atomic E-state index is 13.4. The first-order chi connectivity index (χ1) is 16.1. The fraction of sp³-hybridized carbons (Fsp3) is 0.391. The maximum Gasteiger partial charge on any atom is 0.417 e. The van der Waals surface area contributed by atoms with E-state index >= 15 is 0 Å². The van der Waals surface area contributed by atoms with E-state index in [0.717, 1.165) is 34.6 Å². The van der Waals surface area contributed by atoms with Gasteiger partial charge in [0.25, 0.3) is 5.91 Å². The van der Waals surface area contributed by atoms with Gasteiger partial charge in [0.15, 0.2) is 5.82 Å². The van der Waals surface area contributed by atoms with Crippen LogP contribution in [-0.4, -0.2) is 49.9 Å². The van der Waals surface area contributed by atoms with Crippen molar-refractivity contribution in [1.29, 1.82) is 0 Å². The molecule has 3 heterocycles. The lowest BCUT2D eigenvalue weighted by Crippen LogP contribution is -2.43. The van der Waals surface area contributed by atoms with Gasteiger partial charge in [-0.05, 0) is 62.1 Å². The number of amides is 1. The number of likely N-dealkylation sites (tertiary alicyclic amines) is 1. The van der Waals surface area contributed by atoms with Gasteiger partial charge in [-0.1, -0.05) is 0 Å². The highest BCUT2D eigenvalue weighted by Crippen LogP contribution is 2.34. The van der Waals surface area contributed by atoms with Crippen molar-refractivity contribution in [3.8, 4) is 11.4 Å². The van der Waals surface area contributed by atoms with Crippen LogP contribution in [0.4, 0.5) is 23.4 Å². The van der Waals surface area contributed by atoms with E-state index in [4.69, 9.17) is 0 Å². The van der Waals surface area contributed by atoms with E-state index in [1.165, 1.54) is 4.90 Å². The molecule has 1 saturated heterocycles. The van der Waals surface area contributed by atoms with Crippen molar-refractivity contribution in [3.63, 3.8) is 0 Å². The van der Waals surface area contributed by atoms with E-state index in [2.05, 4.69) is 20.6 Å². The zero-order chi connectivity index (χ0) is 24.6. The third-order valence-electron chi connectivity index (χ3n) is 6.23. The number of aromatic nitrogens is 4.